The molecule has 2 nitrogen and oxygen atoms in total. The monoisotopic (exact) mass is 356 g/mol. The third-order valence-electron chi connectivity index (χ3n) is 4.62. The molecule has 0 aliphatic heterocycles. The van der Waals surface area contributed by atoms with E-state index in [-0.39, 0.29) is 17.7 Å². The molecule has 1 aliphatic rings. The average molecular weight is 357 g/mol. The number of aliphatic carboxylic acids is 1. The first-order valence-electron chi connectivity index (χ1n) is 7.68. The maximum atomic E-state index is 13.6. The molecule has 4 heteroatoms. The number of carbonyl (C=O) groups is 1. The van der Waals surface area contributed by atoms with Crippen LogP contribution in [0, 0.1) is 23.6 Å². The van der Waals surface area contributed by atoms with Crippen LogP contribution in [0.2, 0.25) is 0 Å². The Morgan fingerprint density at radius 2 is 2.19 bits per heavy atom. The molecule has 0 aromatic heterocycles. The molecule has 1 aromatic rings. The van der Waals surface area contributed by atoms with E-state index in [9.17, 15) is 14.3 Å². The molecular formula is C17H22BrFO2. The Morgan fingerprint density at radius 1 is 1.43 bits per heavy atom. The maximum absolute atomic E-state index is 13.6. The third kappa shape index (κ3) is 4.06. The predicted octanol–water partition coefficient (Wildman–Crippen LogP) is 5.05. The van der Waals surface area contributed by atoms with Crippen molar-refractivity contribution in [3.63, 3.8) is 0 Å². The van der Waals surface area contributed by atoms with Crippen molar-refractivity contribution in [1.82, 2.24) is 0 Å². The summed E-state index contributed by atoms with van der Waals surface area (Å²) >= 11 is 3.29. The Kier molecular flexibility index (Phi) is 5.80. The molecule has 1 N–H and O–H groups in total. The van der Waals surface area contributed by atoms with E-state index < -0.39 is 5.97 Å². The standard InChI is InChI=1S/C17H22BrFO2/c1-2-4-11-7-8-14(17(20)21)13(9-11)10-12-5-3-6-15(19)16(12)18/h3,5-6,11,13-14H,2,4,7-10H2,1H3,(H,20,21). The van der Waals surface area contributed by atoms with E-state index in [0.717, 1.165) is 37.7 Å². The van der Waals surface area contributed by atoms with Crippen molar-refractivity contribution in [2.75, 3.05) is 0 Å². The highest BCUT2D eigenvalue weighted by Gasteiger charge is 2.35. The van der Waals surface area contributed by atoms with Crippen LogP contribution in [-0.2, 0) is 11.2 Å². The lowest BCUT2D eigenvalue weighted by atomic mass is 9.70. The summed E-state index contributed by atoms with van der Waals surface area (Å²) in [4.78, 5) is 11.5. The van der Waals surface area contributed by atoms with Gasteiger partial charge in [-0.15, -0.1) is 0 Å². The molecule has 0 heterocycles. The fourth-order valence-corrected chi connectivity index (χ4v) is 4.00. The van der Waals surface area contributed by atoms with Crippen LogP contribution >= 0.6 is 15.9 Å². The predicted molar refractivity (Wildman–Crippen MR) is 84.7 cm³/mol. The minimum absolute atomic E-state index is 0.103. The van der Waals surface area contributed by atoms with Gasteiger partial charge in [-0.1, -0.05) is 31.9 Å². The van der Waals surface area contributed by atoms with Crippen LogP contribution < -0.4 is 0 Å². The highest BCUT2D eigenvalue weighted by atomic mass is 79.9. The van der Waals surface area contributed by atoms with Crippen LogP contribution in [0.25, 0.3) is 0 Å². The zero-order valence-corrected chi connectivity index (χ0v) is 13.9. The Hall–Kier alpha value is -0.900. The van der Waals surface area contributed by atoms with Crippen molar-refractivity contribution in [2.45, 2.75) is 45.4 Å². The van der Waals surface area contributed by atoms with Crippen molar-refractivity contribution >= 4 is 21.9 Å². The SMILES string of the molecule is CCCC1CCC(C(=O)O)C(Cc2cccc(F)c2Br)C1. The zero-order valence-electron chi connectivity index (χ0n) is 12.3. The molecule has 0 bridgehead atoms. The van der Waals surface area contributed by atoms with Crippen LogP contribution in [0.3, 0.4) is 0 Å². The quantitative estimate of drug-likeness (QED) is 0.801. The summed E-state index contributed by atoms with van der Waals surface area (Å²) in [6.45, 7) is 2.17. The molecule has 1 saturated carbocycles. The van der Waals surface area contributed by atoms with Gasteiger partial charge in [0, 0.05) is 0 Å². The topological polar surface area (TPSA) is 37.3 Å². The molecule has 2 rings (SSSR count). The first-order valence-corrected chi connectivity index (χ1v) is 8.47. The van der Waals surface area contributed by atoms with E-state index in [1.54, 1.807) is 6.07 Å². The van der Waals surface area contributed by atoms with Crippen LogP contribution in [0.5, 0.6) is 0 Å². The first kappa shape index (κ1) is 16.5. The summed E-state index contributed by atoms with van der Waals surface area (Å²) in [5.74, 6) is -0.565. The highest BCUT2D eigenvalue weighted by molar-refractivity contribution is 9.10. The molecule has 0 amide bonds. The van der Waals surface area contributed by atoms with E-state index in [0.29, 0.717) is 16.8 Å². The van der Waals surface area contributed by atoms with Crippen LogP contribution in [-0.4, -0.2) is 11.1 Å². The van der Waals surface area contributed by atoms with Gasteiger partial charge in [0.25, 0.3) is 0 Å². The van der Waals surface area contributed by atoms with E-state index in [1.165, 1.54) is 6.07 Å². The minimum Gasteiger partial charge on any atom is -0.481 e. The molecule has 3 unspecified atom stereocenters. The van der Waals surface area contributed by atoms with Gasteiger partial charge in [-0.2, -0.15) is 0 Å². The second kappa shape index (κ2) is 7.39. The smallest absolute Gasteiger partial charge is 0.306 e. The van der Waals surface area contributed by atoms with Gasteiger partial charge in [0.05, 0.1) is 10.4 Å². The lowest BCUT2D eigenvalue weighted by Gasteiger charge is -2.34. The number of rotatable bonds is 5. The van der Waals surface area contributed by atoms with E-state index in [4.69, 9.17) is 0 Å². The van der Waals surface area contributed by atoms with Crippen LogP contribution in [0.1, 0.15) is 44.6 Å². The molecule has 116 valence electrons. The van der Waals surface area contributed by atoms with Gasteiger partial charge < -0.3 is 5.11 Å². The summed E-state index contributed by atoms with van der Waals surface area (Å²) in [5.41, 5.74) is 0.878. The summed E-state index contributed by atoms with van der Waals surface area (Å²) in [5, 5.41) is 9.44. The van der Waals surface area contributed by atoms with Crippen molar-refractivity contribution in [3.8, 4) is 0 Å². The largest absolute Gasteiger partial charge is 0.481 e. The maximum Gasteiger partial charge on any atom is 0.306 e. The van der Waals surface area contributed by atoms with Crippen molar-refractivity contribution in [3.05, 3.63) is 34.1 Å². The normalized spacial score (nSPS) is 25.8. The molecule has 0 radical (unpaired) electrons. The molecule has 1 aliphatic carbocycles. The lowest BCUT2D eigenvalue weighted by molar-refractivity contribution is -0.145. The minimum atomic E-state index is -0.706. The van der Waals surface area contributed by atoms with Gasteiger partial charge in [0.15, 0.2) is 0 Å². The van der Waals surface area contributed by atoms with Crippen molar-refractivity contribution < 1.29 is 14.3 Å². The Bertz CT molecular complexity index is 504. The van der Waals surface area contributed by atoms with Crippen LogP contribution in [0.4, 0.5) is 4.39 Å². The Morgan fingerprint density at radius 3 is 2.86 bits per heavy atom. The van der Waals surface area contributed by atoms with E-state index in [1.807, 2.05) is 6.07 Å². The van der Waals surface area contributed by atoms with E-state index >= 15 is 0 Å². The molecule has 0 spiro atoms. The first-order chi connectivity index (χ1) is 10.0. The number of carboxylic acids is 1. The number of carboxylic acid groups (broad SMARTS) is 1. The van der Waals surface area contributed by atoms with Gasteiger partial charge in [0.2, 0.25) is 0 Å². The number of hydrogen-bond acceptors (Lipinski definition) is 1. The van der Waals surface area contributed by atoms with Gasteiger partial charge >= 0.3 is 5.97 Å². The van der Waals surface area contributed by atoms with Crippen LogP contribution in [0.15, 0.2) is 22.7 Å². The molecule has 3 atom stereocenters. The van der Waals surface area contributed by atoms with Crippen molar-refractivity contribution in [1.29, 1.82) is 0 Å². The summed E-state index contributed by atoms with van der Waals surface area (Å²) in [6, 6.07) is 5.00. The summed E-state index contributed by atoms with van der Waals surface area (Å²) in [7, 11) is 0. The van der Waals surface area contributed by atoms with Gasteiger partial charge in [-0.3, -0.25) is 4.79 Å². The second-order valence-corrected chi connectivity index (χ2v) is 6.88. The fourth-order valence-electron chi connectivity index (χ4n) is 3.57. The third-order valence-corrected chi connectivity index (χ3v) is 5.51. The van der Waals surface area contributed by atoms with E-state index in [2.05, 4.69) is 22.9 Å². The average Bonchev–Trinajstić information content (AvgIpc) is 2.44. The number of hydrogen-bond donors (Lipinski definition) is 1. The highest BCUT2D eigenvalue weighted by Crippen LogP contribution is 2.39. The van der Waals surface area contributed by atoms with Crippen molar-refractivity contribution in [2.24, 2.45) is 17.8 Å². The Labute approximate surface area is 133 Å². The summed E-state index contributed by atoms with van der Waals surface area (Å²) < 4.78 is 14.1. The fraction of sp³-hybridized carbons (Fsp3) is 0.588. The van der Waals surface area contributed by atoms with Gasteiger partial charge in [-0.05, 0) is 65.1 Å². The molecular weight excluding hydrogens is 335 g/mol. The van der Waals surface area contributed by atoms with Gasteiger partial charge in [-0.25, -0.2) is 4.39 Å². The molecule has 1 fully saturated rings. The summed E-state index contributed by atoms with van der Waals surface area (Å²) in [6.07, 6.45) is 5.62. The molecule has 1 aromatic carbocycles. The molecule has 21 heavy (non-hydrogen) atoms. The van der Waals surface area contributed by atoms with Gasteiger partial charge in [0.1, 0.15) is 5.82 Å². The number of halogens is 2. The Balaban J connectivity index is 2.15. The molecule has 0 saturated heterocycles. The lowest BCUT2D eigenvalue weighted by Crippen LogP contribution is -2.32. The zero-order chi connectivity index (χ0) is 15.4. The number of benzene rings is 1. The second-order valence-electron chi connectivity index (χ2n) is 6.09.